The van der Waals surface area contributed by atoms with Gasteiger partial charge in [0, 0.05) is 5.69 Å². The van der Waals surface area contributed by atoms with Gasteiger partial charge in [-0.1, -0.05) is 0 Å². The average molecular weight is 261 g/mol. The van der Waals surface area contributed by atoms with E-state index in [1.165, 1.54) is 40.6 Å². The summed E-state index contributed by atoms with van der Waals surface area (Å²) < 4.78 is 1.34. The predicted molar refractivity (Wildman–Crippen MR) is 54.9 cm³/mol. The molecule has 1 aromatic heterocycles. The molecule has 0 amide bonds. The molecule has 0 saturated carbocycles. The van der Waals surface area contributed by atoms with Gasteiger partial charge < -0.3 is 4.98 Å². The third-order valence-corrected chi connectivity index (χ3v) is 3.59. The van der Waals surface area contributed by atoms with Gasteiger partial charge in [-0.3, -0.25) is 0 Å². The summed E-state index contributed by atoms with van der Waals surface area (Å²) >= 11 is 2.39. The van der Waals surface area contributed by atoms with Gasteiger partial charge in [0.1, 0.15) is 0 Å². The zero-order valence-electron chi connectivity index (χ0n) is 6.71. The highest BCUT2D eigenvalue weighted by Crippen LogP contribution is 2.26. The van der Waals surface area contributed by atoms with Crippen LogP contribution >= 0.6 is 22.6 Å². The zero-order valence-corrected chi connectivity index (χ0v) is 8.86. The molecular formula is C9H12IN. The molecule has 1 N–H and O–H groups in total. The van der Waals surface area contributed by atoms with Crippen molar-refractivity contribution in [2.45, 2.75) is 32.6 Å². The van der Waals surface area contributed by atoms with Crippen molar-refractivity contribution in [3.63, 3.8) is 0 Å². The molecule has 0 atom stereocenters. The van der Waals surface area contributed by atoms with E-state index in [4.69, 9.17) is 0 Å². The maximum atomic E-state index is 3.45. The molecule has 1 aliphatic carbocycles. The Balaban J connectivity index is 2.50. The van der Waals surface area contributed by atoms with Crippen LogP contribution in [0.15, 0.2) is 0 Å². The average Bonchev–Trinajstić information content (AvgIpc) is 2.30. The minimum Gasteiger partial charge on any atom is -0.353 e. The van der Waals surface area contributed by atoms with Crippen molar-refractivity contribution < 1.29 is 0 Å². The molecule has 2 heteroatoms. The molecule has 1 aromatic rings. The van der Waals surface area contributed by atoms with Gasteiger partial charge in [0.25, 0.3) is 0 Å². The fraction of sp³-hybridized carbons (Fsp3) is 0.556. The van der Waals surface area contributed by atoms with Crippen molar-refractivity contribution in [3.8, 4) is 0 Å². The predicted octanol–water partition coefficient (Wildman–Crippen LogP) is 2.81. The van der Waals surface area contributed by atoms with E-state index in [-0.39, 0.29) is 0 Å². The highest BCUT2D eigenvalue weighted by Gasteiger charge is 2.15. The second-order valence-electron chi connectivity index (χ2n) is 3.23. The van der Waals surface area contributed by atoms with Gasteiger partial charge in [0.2, 0.25) is 0 Å². The van der Waals surface area contributed by atoms with Crippen LogP contribution in [0, 0.1) is 10.6 Å². The second-order valence-corrected chi connectivity index (χ2v) is 4.31. The largest absolute Gasteiger partial charge is 0.353 e. The quantitative estimate of drug-likeness (QED) is 0.691. The molecular weight excluding hydrogens is 249 g/mol. The molecule has 0 aliphatic heterocycles. The summed E-state index contributed by atoms with van der Waals surface area (Å²) in [6.45, 7) is 2.22. The Morgan fingerprint density at radius 3 is 2.73 bits per heavy atom. The van der Waals surface area contributed by atoms with E-state index < -0.39 is 0 Å². The zero-order chi connectivity index (χ0) is 7.84. The monoisotopic (exact) mass is 261 g/mol. The van der Waals surface area contributed by atoms with E-state index in [9.17, 15) is 0 Å². The van der Waals surface area contributed by atoms with Crippen LogP contribution in [0.4, 0.5) is 0 Å². The number of rotatable bonds is 0. The molecule has 1 nitrogen and oxygen atoms in total. The van der Waals surface area contributed by atoms with E-state index in [0.717, 1.165) is 0 Å². The van der Waals surface area contributed by atoms with Crippen LogP contribution in [0.1, 0.15) is 29.7 Å². The Kier molecular flexibility index (Phi) is 1.95. The van der Waals surface area contributed by atoms with Crippen LogP contribution in [0.2, 0.25) is 0 Å². The number of halogens is 1. The summed E-state index contributed by atoms with van der Waals surface area (Å²) in [6, 6.07) is 0. The number of hydrogen-bond acceptors (Lipinski definition) is 0. The fourth-order valence-corrected chi connectivity index (χ4v) is 2.47. The van der Waals surface area contributed by atoms with Gasteiger partial charge in [-0.25, -0.2) is 0 Å². The van der Waals surface area contributed by atoms with Crippen LogP contribution in [-0.4, -0.2) is 4.98 Å². The molecule has 0 unspecified atom stereocenters. The summed E-state index contributed by atoms with van der Waals surface area (Å²) in [5, 5.41) is 0. The Hall–Kier alpha value is 0.01000. The number of hydrogen-bond donors (Lipinski definition) is 1. The van der Waals surface area contributed by atoms with Crippen LogP contribution < -0.4 is 0 Å². The Labute approximate surface area is 80.7 Å². The van der Waals surface area contributed by atoms with Crippen molar-refractivity contribution in [3.05, 3.63) is 20.5 Å². The highest BCUT2D eigenvalue weighted by molar-refractivity contribution is 14.1. The first-order valence-corrected chi connectivity index (χ1v) is 5.22. The van der Waals surface area contributed by atoms with E-state index >= 15 is 0 Å². The molecule has 60 valence electrons. The maximum absolute atomic E-state index is 3.45. The SMILES string of the molecule is Cc1c(I)[nH]c2c1CCCC2. The molecule has 1 heterocycles. The topological polar surface area (TPSA) is 15.8 Å². The third kappa shape index (κ3) is 1.21. The minimum absolute atomic E-state index is 1.26. The standard InChI is InChI=1S/C9H12IN/c1-6-7-4-2-3-5-8(7)11-9(6)10/h11H,2-5H2,1H3. The van der Waals surface area contributed by atoms with E-state index in [1.807, 2.05) is 0 Å². The minimum atomic E-state index is 1.26. The Bertz CT molecular complexity index is 275. The smallest absolute Gasteiger partial charge is 0.0806 e. The lowest BCUT2D eigenvalue weighted by Crippen LogP contribution is -2.00. The van der Waals surface area contributed by atoms with Gasteiger partial charge >= 0.3 is 0 Å². The van der Waals surface area contributed by atoms with Crippen LogP contribution in [0.3, 0.4) is 0 Å². The number of aromatic amines is 1. The summed E-state index contributed by atoms with van der Waals surface area (Å²) in [5.74, 6) is 0. The van der Waals surface area contributed by atoms with Crippen molar-refractivity contribution in [1.29, 1.82) is 0 Å². The van der Waals surface area contributed by atoms with Gasteiger partial charge in [-0.15, -0.1) is 0 Å². The van der Waals surface area contributed by atoms with E-state index in [1.54, 1.807) is 5.56 Å². The van der Waals surface area contributed by atoms with E-state index in [2.05, 4.69) is 34.5 Å². The summed E-state index contributed by atoms with van der Waals surface area (Å²) in [6.07, 6.45) is 5.30. The molecule has 0 aromatic carbocycles. The summed E-state index contributed by atoms with van der Waals surface area (Å²) in [4.78, 5) is 3.45. The number of fused-ring (bicyclic) bond motifs is 1. The Morgan fingerprint density at radius 1 is 1.27 bits per heavy atom. The van der Waals surface area contributed by atoms with Crippen LogP contribution in [0.5, 0.6) is 0 Å². The van der Waals surface area contributed by atoms with Crippen LogP contribution in [0.25, 0.3) is 0 Å². The van der Waals surface area contributed by atoms with Crippen molar-refractivity contribution in [2.24, 2.45) is 0 Å². The van der Waals surface area contributed by atoms with Gasteiger partial charge in [-0.05, 0) is 66.3 Å². The number of H-pyrrole nitrogens is 1. The molecule has 1 aliphatic rings. The van der Waals surface area contributed by atoms with Crippen LogP contribution in [-0.2, 0) is 12.8 Å². The first-order chi connectivity index (χ1) is 5.29. The lowest BCUT2D eigenvalue weighted by molar-refractivity contribution is 0.675. The van der Waals surface area contributed by atoms with Crippen molar-refractivity contribution >= 4 is 22.6 Å². The van der Waals surface area contributed by atoms with E-state index in [0.29, 0.717) is 0 Å². The maximum Gasteiger partial charge on any atom is 0.0806 e. The molecule has 0 spiro atoms. The lowest BCUT2D eigenvalue weighted by Gasteiger charge is -2.10. The number of nitrogens with one attached hydrogen (secondary N) is 1. The molecule has 0 saturated heterocycles. The fourth-order valence-electron chi connectivity index (χ4n) is 1.82. The normalized spacial score (nSPS) is 16.5. The number of aromatic nitrogens is 1. The molecule has 0 bridgehead atoms. The van der Waals surface area contributed by atoms with Crippen molar-refractivity contribution in [2.75, 3.05) is 0 Å². The number of aryl methyl sites for hydroxylation is 1. The van der Waals surface area contributed by atoms with Gasteiger partial charge in [-0.2, -0.15) is 0 Å². The highest BCUT2D eigenvalue weighted by atomic mass is 127. The molecule has 0 radical (unpaired) electrons. The second kappa shape index (κ2) is 2.81. The Morgan fingerprint density at radius 2 is 2.00 bits per heavy atom. The first-order valence-electron chi connectivity index (χ1n) is 4.15. The summed E-state index contributed by atoms with van der Waals surface area (Å²) in [5.41, 5.74) is 4.58. The van der Waals surface area contributed by atoms with Gasteiger partial charge in [0.05, 0.1) is 3.70 Å². The third-order valence-electron chi connectivity index (χ3n) is 2.51. The molecule has 2 rings (SSSR count). The summed E-state index contributed by atoms with van der Waals surface area (Å²) in [7, 11) is 0. The molecule has 0 fully saturated rings. The van der Waals surface area contributed by atoms with Gasteiger partial charge in [0.15, 0.2) is 0 Å². The lowest BCUT2D eigenvalue weighted by atomic mass is 9.96. The molecule has 11 heavy (non-hydrogen) atoms. The van der Waals surface area contributed by atoms with Crippen molar-refractivity contribution in [1.82, 2.24) is 4.98 Å². The first kappa shape index (κ1) is 7.65.